The summed E-state index contributed by atoms with van der Waals surface area (Å²) < 4.78 is 57.0. The highest BCUT2D eigenvalue weighted by Gasteiger charge is 2.47. The van der Waals surface area contributed by atoms with Gasteiger partial charge in [0.2, 0.25) is 0 Å². The van der Waals surface area contributed by atoms with Gasteiger partial charge < -0.3 is 15.8 Å². The highest BCUT2D eigenvalue weighted by molar-refractivity contribution is 8.13. The number of halogens is 4. The molecule has 138 valence electrons. The molecule has 2 unspecified atom stereocenters. The Morgan fingerprint density at radius 2 is 2.20 bits per heavy atom. The molecule has 0 spiro atoms. The van der Waals surface area contributed by atoms with Gasteiger partial charge in [-0.05, 0) is 24.1 Å². The largest absolute Gasteiger partial charge is 0.401 e. The molecule has 1 fully saturated rings. The van der Waals surface area contributed by atoms with E-state index in [2.05, 4.69) is 10.3 Å². The first kappa shape index (κ1) is 18.5. The number of nitrogens with one attached hydrogen (secondary N) is 1. The predicted molar refractivity (Wildman–Crippen MR) is 88.8 cm³/mol. The van der Waals surface area contributed by atoms with Gasteiger partial charge in [0.25, 0.3) is 0 Å². The van der Waals surface area contributed by atoms with E-state index in [9.17, 15) is 17.6 Å². The zero-order valence-corrected chi connectivity index (χ0v) is 14.2. The minimum Gasteiger partial charge on any atom is -0.379 e. The van der Waals surface area contributed by atoms with Crippen molar-refractivity contribution in [1.29, 1.82) is 0 Å². The smallest absolute Gasteiger partial charge is 0.379 e. The average molecular weight is 377 g/mol. The molecule has 3 rings (SSSR count). The highest BCUT2D eigenvalue weighted by atomic mass is 32.2. The van der Waals surface area contributed by atoms with Gasteiger partial charge in [-0.15, -0.1) is 0 Å². The standard InChI is InChI=1S/C16H19F4N3OS/c17-13-2-1-10(6-22-8-16(18,19)20)5-12(13)15-9-24-4-3-11(15)7-25-14(21)23-15/h1-2,5,11,22H,3-4,6-9H2,(H2,21,23). The Bertz CT molecular complexity index is 667. The van der Waals surface area contributed by atoms with Crippen molar-refractivity contribution in [3.63, 3.8) is 0 Å². The van der Waals surface area contributed by atoms with Crippen LogP contribution in [0.2, 0.25) is 0 Å². The monoisotopic (exact) mass is 377 g/mol. The van der Waals surface area contributed by atoms with Crippen LogP contribution >= 0.6 is 11.8 Å². The lowest BCUT2D eigenvalue weighted by Gasteiger charge is -2.43. The van der Waals surface area contributed by atoms with Crippen LogP contribution in [0, 0.1) is 11.7 Å². The van der Waals surface area contributed by atoms with E-state index in [1.165, 1.54) is 23.9 Å². The fraction of sp³-hybridized carbons (Fsp3) is 0.562. The summed E-state index contributed by atoms with van der Waals surface area (Å²) in [4.78, 5) is 4.52. The van der Waals surface area contributed by atoms with E-state index in [1.807, 2.05) is 0 Å². The van der Waals surface area contributed by atoms with Crippen molar-refractivity contribution in [3.8, 4) is 0 Å². The van der Waals surface area contributed by atoms with Gasteiger partial charge in [0.15, 0.2) is 5.17 Å². The molecule has 25 heavy (non-hydrogen) atoms. The predicted octanol–water partition coefficient (Wildman–Crippen LogP) is 2.77. The van der Waals surface area contributed by atoms with E-state index >= 15 is 0 Å². The number of alkyl halides is 3. The molecule has 2 heterocycles. The normalized spacial score (nSPS) is 26.9. The van der Waals surface area contributed by atoms with Gasteiger partial charge in [-0.25, -0.2) is 9.38 Å². The van der Waals surface area contributed by atoms with Crippen molar-refractivity contribution < 1.29 is 22.3 Å². The Morgan fingerprint density at radius 3 is 2.96 bits per heavy atom. The number of rotatable bonds is 4. The molecule has 2 atom stereocenters. The number of benzene rings is 1. The second kappa shape index (κ2) is 7.13. The Labute approximate surface area is 147 Å². The molecule has 2 aliphatic rings. The van der Waals surface area contributed by atoms with E-state index in [1.54, 1.807) is 6.07 Å². The molecule has 2 aliphatic heterocycles. The summed E-state index contributed by atoms with van der Waals surface area (Å²) in [6.45, 7) is -0.313. The third-order valence-corrected chi connectivity index (χ3v) is 5.46. The van der Waals surface area contributed by atoms with Crippen LogP contribution in [0.25, 0.3) is 0 Å². The molecule has 9 heteroatoms. The molecule has 1 aromatic carbocycles. The van der Waals surface area contributed by atoms with E-state index in [0.717, 1.165) is 6.42 Å². The number of hydrogen-bond acceptors (Lipinski definition) is 5. The Kier molecular flexibility index (Phi) is 5.26. The maximum absolute atomic E-state index is 14.6. The molecule has 1 aromatic rings. The minimum absolute atomic E-state index is 0.0116. The highest BCUT2D eigenvalue weighted by Crippen LogP contribution is 2.45. The van der Waals surface area contributed by atoms with Crippen molar-refractivity contribution >= 4 is 16.9 Å². The Morgan fingerprint density at radius 1 is 1.40 bits per heavy atom. The SMILES string of the molecule is NC1=NC2(c3cc(CNCC(F)(F)F)ccc3F)COCCC2CS1. The molecule has 0 aliphatic carbocycles. The molecule has 0 aromatic heterocycles. The van der Waals surface area contributed by atoms with Crippen molar-refractivity contribution in [2.75, 3.05) is 25.5 Å². The van der Waals surface area contributed by atoms with Crippen LogP contribution in [0.15, 0.2) is 23.2 Å². The summed E-state index contributed by atoms with van der Waals surface area (Å²) in [5.74, 6) is 0.347. The number of thioether (sulfide) groups is 1. The van der Waals surface area contributed by atoms with Crippen LogP contribution in [0.1, 0.15) is 17.5 Å². The summed E-state index contributed by atoms with van der Waals surface area (Å²) in [5.41, 5.74) is 5.87. The van der Waals surface area contributed by atoms with E-state index < -0.39 is 24.1 Å². The van der Waals surface area contributed by atoms with Gasteiger partial charge in [-0.2, -0.15) is 13.2 Å². The first-order valence-electron chi connectivity index (χ1n) is 7.92. The van der Waals surface area contributed by atoms with Crippen LogP contribution < -0.4 is 11.1 Å². The quantitative estimate of drug-likeness (QED) is 0.793. The number of ether oxygens (including phenoxy) is 1. The molecule has 4 nitrogen and oxygen atoms in total. The molecule has 3 N–H and O–H groups in total. The molecular weight excluding hydrogens is 358 g/mol. The van der Waals surface area contributed by atoms with Crippen LogP contribution in [-0.2, 0) is 16.8 Å². The van der Waals surface area contributed by atoms with Crippen LogP contribution in [0.3, 0.4) is 0 Å². The van der Waals surface area contributed by atoms with Crippen LogP contribution in [0.5, 0.6) is 0 Å². The van der Waals surface area contributed by atoms with Gasteiger partial charge in [-0.3, -0.25) is 0 Å². The van der Waals surface area contributed by atoms with Gasteiger partial charge in [0.05, 0.1) is 13.2 Å². The van der Waals surface area contributed by atoms with Crippen molar-refractivity contribution in [1.82, 2.24) is 5.32 Å². The van der Waals surface area contributed by atoms with Crippen molar-refractivity contribution in [2.45, 2.75) is 24.7 Å². The number of hydrogen-bond donors (Lipinski definition) is 2. The number of amidine groups is 1. The molecule has 0 radical (unpaired) electrons. The van der Waals surface area contributed by atoms with Crippen molar-refractivity contribution in [2.24, 2.45) is 16.6 Å². The lowest BCUT2D eigenvalue weighted by Crippen LogP contribution is -2.48. The summed E-state index contributed by atoms with van der Waals surface area (Å²) in [6, 6.07) is 4.32. The third kappa shape index (κ3) is 4.09. The summed E-state index contributed by atoms with van der Waals surface area (Å²) in [6.07, 6.45) is -3.55. The van der Waals surface area contributed by atoms with Crippen LogP contribution in [0.4, 0.5) is 17.6 Å². The van der Waals surface area contributed by atoms with Gasteiger partial charge >= 0.3 is 6.18 Å². The fourth-order valence-corrected chi connectivity index (χ4v) is 4.33. The lowest BCUT2D eigenvalue weighted by atomic mass is 9.76. The molecule has 0 bridgehead atoms. The van der Waals surface area contributed by atoms with E-state index in [-0.39, 0.29) is 19.1 Å². The fourth-order valence-electron chi connectivity index (χ4n) is 3.29. The third-order valence-electron chi connectivity index (χ3n) is 4.50. The second-order valence-electron chi connectivity index (χ2n) is 6.26. The second-order valence-corrected chi connectivity index (χ2v) is 7.30. The number of aliphatic imine (C=N–C) groups is 1. The lowest BCUT2D eigenvalue weighted by molar-refractivity contribution is -0.125. The Hall–Kier alpha value is -1.32. The zero-order chi connectivity index (χ0) is 18.1. The Balaban J connectivity index is 1.89. The summed E-state index contributed by atoms with van der Waals surface area (Å²) in [5, 5.41) is 2.70. The molecular formula is C16H19F4N3OS. The van der Waals surface area contributed by atoms with Crippen molar-refractivity contribution in [3.05, 3.63) is 35.1 Å². The average Bonchev–Trinajstić information content (AvgIpc) is 2.55. The van der Waals surface area contributed by atoms with Gasteiger partial charge in [0.1, 0.15) is 11.4 Å². The first-order valence-corrected chi connectivity index (χ1v) is 8.91. The number of nitrogens with two attached hydrogens (primary N) is 1. The maximum Gasteiger partial charge on any atom is 0.401 e. The first-order chi connectivity index (χ1) is 11.8. The zero-order valence-electron chi connectivity index (χ0n) is 13.4. The van der Waals surface area contributed by atoms with E-state index in [0.29, 0.717) is 28.7 Å². The minimum atomic E-state index is -4.29. The molecule has 0 saturated carbocycles. The van der Waals surface area contributed by atoms with Crippen LogP contribution in [-0.4, -0.2) is 36.9 Å². The van der Waals surface area contributed by atoms with Gasteiger partial charge in [0, 0.05) is 30.4 Å². The maximum atomic E-state index is 14.6. The number of fused-ring (bicyclic) bond motifs is 1. The van der Waals surface area contributed by atoms with Gasteiger partial charge in [-0.1, -0.05) is 17.8 Å². The number of nitrogens with zero attached hydrogens (tertiary/aromatic N) is 1. The molecule has 0 amide bonds. The summed E-state index contributed by atoms with van der Waals surface area (Å²) >= 11 is 1.44. The molecule has 1 saturated heterocycles. The topological polar surface area (TPSA) is 59.6 Å². The van der Waals surface area contributed by atoms with E-state index in [4.69, 9.17) is 10.5 Å². The summed E-state index contributed by atoms with van der Waals surface area (Å²) in [7, 11) is 0.